The van der Waals surface area contributed by atoms with Gasteiger partial charge in [-0.2, -0.15) is 0 Å². The van der Waals surface area contributed by atoms with Crippen LogP contribution in [0.4, 0.5) is 0 Å². The largest absolute Gasteiger partial charge is 0.365 e. The monoisotopic (exact) mass is 382 g/mol. The Balaban J connectivity index is 1.80. The van der Waals surface area contributed by atoms with Crippen LogP contribution in [0.5, 0.6) is 0 Å². The van der Waals surface area contributed by atoms with Gasteiger partial charge in [0, 0.05) is 0 Å². The average Bonchev–Trinajstić information content (AvgIpc) is 2.73. The number of rotatable bonds is 6. The molecule has 0 aliphatic carbocycles. The Bertz CT molecular complexity index is 1010. The zero-order valence-corrected chi connectivity index (χ0v) is 17.8. The number of benzene rings is 4. The fraction of sp³-hybridized carbons (Fsp3) is 0.286. The van der Waals surface area contributed by atoms with Crippen LogP contribution in [-0.4, -0.2) is 0 Å². The maximum atomic E-state index is 6.96. The van der Waals surface area contributed by atoms with E-state index in [0.29, 0.717) is 11.8 Å². The van der Waals surface area contributed by atoms with Crippen LogP contribution in [0, 0.1) is 11.8 Å². The van der Waals surface area contributed by atoms with E-state index in [-0.39, 0.29) is 12.2 Å². The van der Waals surface area contributed by atoms with Crippen molar-refractivity contribution in [3.63, 3.8) is 0 Å². The van der Waals surface area contributed by atoms with Crippen LogP contribution in [0.2, 0.25) is 0 Å². The van der Waals surface area contributed by atoms with Gasteiger partial charge in [-0.3, -0.25) is 0 Å². The number of hydrogen-bond donors (Lipinski definition) is 0. The minimum atomic E-state index is 0.0347. The van der Waals surface area contributed by atoms with Gasteiger partial charge in [-0.1, -0.05) is 113 Å². The molecule has 0 heterocycles. The second-order valence-corrected chi connectivity index (χ2v) is 8.60. The molecular formula is C28H30O. The van der Waals surface area contributed by atoms with Gasteiger partial charge in [0.1, 0.15) is 0 Å². The highest BCUT2D eigenvalue weighted by Crippen LogP contribution is 2.40. The molecular weight excluding hydrogens is 352 g/mol. The molecule has 4 aromatic rings. The van der Waals surface area contributed by atoms with E-state index >= 15 is 0 Å². The molecule has 29 heavy (non-hydrogen) atoms. The fourth-order valence-corrected chi connectivity index (χ4v) is 4.33. The average molecular weight is 383 g/mol. The summed E-state index contributed by atoms with van der Waals surface area (Å²) >= 11 is 0. The molecule has 1 nitrogen and oxygen atoms in total. The van der Waals surface area contributed by atoms with Crippen molar-refractivity contribution >= 4 is 21.5 Å². The Morgan fingerprint density at radius 1 is 0.483 bits per heavy atom. The maximum absolute atomic E-state index is 6.96. The first-order valence-electron chi connectivity index (χ1n) is 10.7. The summed E-state index contributed by atoms with van der Waals surface area (Å²) in [5, 5.41) is 5.11. The Labute approximate surface area is 174 Å². The van der Waals surface area contributed by atoms with Crippen LogP contribution in [-0.2, 0) is 4.74 Å². The number of ether oxygens (including phenoxy) is 1. The van der Waals surface area contributed by atoms with E-state index in [1.54, 1.807) is 0 Å². The van der Waals surface area contributed by atoms with E-state index in [9.17, 15) is 0 Å². The Morgan fingerprint density at radius 3 is 1.28 bits per heavy atom. The first kappa shape index (κ1) is 19.7. The topological polar surface area (TPSA) is 9.23 Å². The molecule has 2 atom stereocenters. The lowest BCUT2D eigenvalue weighted by Gasteiger charge is -2.32. The Hall–Kier alpha value is -2.64. The molecule has 0 saturated carbocycles. The molecule has 0 aliphatic heterocycles. The molecule has 148 valence electrons. The minimum Gasteiger partial charge on any atom is -0.365 e. The normalized spacial score (nSPS) is 14.0. The van der Waals surface area contributed by atoms with Crippen molar-refractivity contribution in [1.29, 1.82) is 0 Å². The molecule has 0 spiro atoms. The first-order valence-corrected chi connectivity index (χ1v) is 10.7. The van der Waals surface area contributed by atoms with E-state index < -0.39 is 0 Å². The SMILES string of the molecule is CC(C)C(OC(c1cccc2ccccc12)C(C)C)c1cccc2ccccc12. The number of fused-ring (bicyclic) bond motifs is 2. The first-order chi connectivity index (χ1) is 14.1. The highest BCUT2D eigenvalue weighted by Gasteiger charge is 2.27. The summed E-state index contributed by atoms with van der Waals surface area (Å²) in [6.07, 6.45) is 0.0694. The summed E-state index contributed by atoms with van der Waals surface area (Å²) in [4.78, 5) is 0. The van der Waals surface area contributed by atoms with Crippen LogP contribution in [0.3, 0.4) is 0 Å². The Kier molecular flexibility index (Phi) is 5.69. The summed E-state index contributed by atoms with van der Waals surface area (Å²) in [7, 11) is 0. The lowest BCUT2D eigenvalue weighted by atomic mass is 9.91. The third-order valence-corrected chi connectivity index (χ3v) is 5.76. The van der Waals surface area contributed by atoms with E-state index in [1.807, 2.05) is 0 Å². The molecule has 2 unspecified atom stereocenters. The lowest BCUT2D eigenvalue weighted by molar-refractivity contribution is -0.0596. The molecule has 4 aromatic carbocycles. The van der Waals surface area contributed by atoms with Crippen molar-refractivity contribution in [3.05, 3.63) is 96.1 Å². The van der Waals surface area contributed by atoms with Gasteiger partial charge in [0.15, 0.2) is 0 Å². The van der Waals surface area contributed by atoms with E-state index in [1.165, 1.54) is 32.7 Å². The summed E-state index contributed by atoms with van der Waals surface area (Å²) < 4.78 is 6.96. The molecule has 0 radical (unpaired) electrons. The molecule has 1 heteroatoms. The summed E-state index contributed by atoms with van der Waals surface area (Å²) in [5.41, 5.74) is 2.56. The Morgan fingerprint density at radius 2 is 0.862 bits per heavy atom. The van der Waals surface area contributed by atoms with E-state index in [0.717, 1.165) is 0 Å². The van der Waals surface area contributed by atoms with Crippen molar-refractivity contribution in [2.24, 2.45) is 11.8 Å². The van der Waals surface area contributed by atoms with Crippen LogP contribution >= 0.6 is 0 Å². The van der Waals surface area contributed by atoms with Gasteiger partial charge < -0.3 is 4.74 Å². The predicted octanol–water partition coefficient (Wildman–Crippen LogP) is 8.10. The third kappa shape index (κ3) is 3.93. The minimum absolute atomic E-state index is 0.0347. The molecule has 0 aromatic heterocycles. The second kappa shape index (κ2) is 8.39. The summed E-state index contributed by atoms with van der Waals surface area (Å²) in [6, 6.07) is 30.4. The van der Waals surface area contributed by atoms with Gasteiger partial charge >= 0.3 is 0 Å². The highest BCUT2D eigenvalue weighted by molar-refractivity contribution is 5.87. The summed E-state index contributed by atoms with van der Waals surface area (Å²) in [6.45, 7) is 9.03. The van der Waals surface area contributed by atoms with Crippen LogP contribution in [0.25, 0.3) is 21.5 Å². The fourth-order valence-electron chi connectivity index (χ4n) is 4.33. The van der Waals surface area contributed by atoms with E-state index in [4.69, 9.17) is 4.74 Å². The van der Waals surface area contributed by atoms with Crippen molar-refractivity contribution in [2.45, 2.75) is 39.9 Å². The molecule has 0 aliphatic rings. The smallest absolute Gasteiger partial charge is 0.0862 e. The zero-order chi connectivity index (χ0) is 20.4. The molecule has 4 rings (SSSR count). The predicted molar refractivity (Wildman–Crippen MR) is 124 cm³/mol. The van der Waals surface area contributed by atoms with Gasteiger partial charge in [-0.15, -0.1) is 0 Å². The second-order valence-electron chi connectivity index (χ2n) is 8.60. The zero-order valence-electron chi connectivity index (χ0n) is 17.8. The van der Waals surface area contributed by atoms with Gasteiger partial charge in [0.2, 0.25) is 0 Å². The van der Waals surface area contributed by atoms with Crippen LogP contribution in [0.1, 0.15) is 51.0 Å². The van der Waals surface area contributed by atoms with Gasteiger partial charge in [-0.25, -0.2) is 0 Å². The quantitative estimate of drug-likeness (QED) is 0.327. The van der Waals surface area contributed by atoms with Crippen molar-refractivity contribution < 1.29 is 4.74 Å². The van der Waals surface area contributed by atoms with Gasteiger partial charge in [0.05, 0.1) is 12.2 Å². The molecule has 0 N–H and O–H groups in total. The molecule has 0 bridgehead atoms. The van der Waals surface area contributed by atoms with Crippen molar-refractivity contribution in [3.8, 4) is 0 Å². The van der Waals surface area contributed by atoms with Crippen LogP contribution in [0.15, 0.2) is 84.9 Å². The van der Waals surface area contributed by atoms with Crippen molar-refractivity contribution in [2.75, 3.05) is 0 Å². The lowest BCUT2D eigenvalue weighted by Crippen LogP contribution is -2.19. The van der Waals surface area contributed by atoms with Gasteiger partial charge in [-0.05, 0) is 44.5 Å². The van der Waals surface area contributed by atoms with Crippen molar-refractivity contribution in [1.82, 2.24) is 0 Å². The third-order valence-electron chi connectivity index (χ3n) is 5.76. The maximum Gasteiger partial charge on any atom is 0.0862 e. The molecule has 0 amide bonds. The highest BCUT2D eigenvalue weighted by atomic mass is 16.5. The summed E-state index contributed by atoms with van der Waals surface area (Å²) in [5.74, 6) is 0.745. The van der Waals surface area contributed by atoms with Crippen LogP contribution < -0.4 is 0 Å². The standard InChI is InChI=1S/C28H30O/c1-19(2)27(25-17-9-13-21-11-5-7-15-23(21)25)29-28(20(3)4)26-18-10-14-22-12-6-8-16-24(22)26/h5-20,27-28H,1-4H3. The molecule has 0 saturated heterocycles. The molecule has 0 fully saturated rings. The van der Waals surface area contributed by atoms with Gasteiger partial charge in [0.25, 0.3) is 0 Å². The number of hydrogen-bond acceptors (Lipinski definition) is 1. The van der Waals surface area contributed by atoms with E-state index in [2.05, 4.69) is 113 Å².